The van der Waals surface area contributed by atoms with E-state index in [9.17, 15) is 28.0 Å². The third-order valence-corrected chi connectivity index (χ3v) is 5.06. The highest BCUT2D eigenvalue weighted by Crippen LogP contribution is 2.30. The van der Waals surface area contributed by atoms with Crippen molar-refractivity contribution in [2.45, 2.75) is 37.8 Å². The summed E-state index contributed by atoms with van der Waals surface area (Å²) in [5, 5.41) is 1.56. The van der Waals surface area contributed by atoms with Crippen LogP contribution in [0.5, 0.6) is 0 Å². The van der Waals surface area contributed by atoms with Crippen LogP contribution in [0.4, 0.5) is 8.78 Å². The summed E-state index contributed by atoms with van der Waals surface area (Å²) in [5.74, 6) is -9.40. The molecular formula is C22H18ClF2N3O4. The Morgan fingerprint density at radius 3 is 2.75 bits per heavy atom. The maximum Gasteiger partial charge on any atom is 0.349 e. The lowest BCUT2D eigenvalue weighted by Crippen LogP contribution is -2.52. The molecule has 2 atom stereocenters. The topological polar surface area (TPSA) is 95.6 Å². The van der Waals surface area contributed by atoms with Gasteiger partial charge in [0.2, 0.25) is 11.8 Å². The van der Waals surface area contributed by atoms with Gasteiger partial charge in [-0.2, -0.15) is 8.78 Å². The number of imide groups is 1. The molecule has 0 aromatic heterocycles. The van der Waals surface area contributed by atoms with E-state index in [1.165, 1.54) is 0 Å². The van der Waals surface area contributed by atoms with E-state index >= 15 is 0 Å². The van der Waals surface area contributed by atoms with Crippen LogP contribution in [0, 0.1) is 0 Å². The Bertz CT molecular complexity index is 1430. The van der Waals surface area contributed by atoms with E-state index in [1.54, 1.807) is 0 Å². The fourth-order valence-corrected chi connectivity index (χ4v) is 3.28. The zero-order chi connectivity index (χ0) is 29.2. The number of amides is 4. The molecule has 2 aromatic carbocycles. The van der Waals surface area contributed by atoms with Gasteiger partial charge in [0.25, 0.3) is 11.8 Å². The maximum absolute atomic E-state index is 14.9. The van der Waals surface area contributed by atoms with Crippen molar-refractivity contribution >= 4 is 35.2 Å². The van der Waals surface area contributed by atoms with Crippen LogP contribution in [-0.2, 0) is 33.3 Å². The lowest BCUT2D eigenvalue weighted by molar-refractivity contribution is -0.147. The molecule has 0 saturated carbocycles. The van der Waals surface area contributed by atoms with Crippen molar-refractivity contribution in [2.24, 2.45) is 0 Å². The maximum atomic E-state index is 14.9. The van der Waals surface area contributed by atoms with Crippen LogP contribution in [-0.4, -0.2) is 34.6 Å². The second-order valence-electron chi connectivity index (χ2n) is 6.94. The average molecular weight is 469 g/mol. The minimum Gasteiger partial charge on any atom is -0.346 e. The number of hydrogen-bond acceptors (Lipinski definition) is 4. The number of piperidine rings is 1. The van der Waals surface area contributed by atoms with Crippen molar-refractivity contribution in [3.8, 4) is 0 Å². The summed E-state index contributed by atoms with van der Waals surface area (Å²) >= 11 is 5.68. The molecule has 1 fully saturated rings. The Morgan fingerprint density at radius 1 is 1.34 bits per heavy atom. The number of rotatable bonds is 5. The number of fused-ring (bicyclic) bond motifs is 1. The van der Waals surface area contributed by atoms with Gasteiger partial charge in [-0.15, -0.1) is 0 Å². The van der Waals surface area contributed by atoms with Crippen molar-refractivity contribution in [1.29, 1.82) is 0 Å². The first-order chi connectivity index (χ1) is 18.0. The van der Waals surface area contributed by atoms with E-state index in [2.05, 4.69) is 0 Å². The molecule has 1 saturated heterocycles. The minimum atomic E-state index is -4.33. The Balaban J connectivity index is 1.76. The Labute approximate surface area is 196 Å². The SMILES string of the molecule is [2H]c1c([2H])c(C([2H])N([2H])C(=O)C(F)(F)c2ccc(Cl)cc2)c([2H])c2c1C(=O)N(C1CCC(=O)NC1=O)C2([2H])[2H]. The molecule has 0 spiro atoms. The molecular weight excluding hydrogens is 444 g/mol. The molecule has 7 nitrogen and oxygen atoms in total. The molecule has 0 radical (unpaired) electrons. The van der Waals surface area contributed by atoms with Crippen molar-refractivity contribution in [2.75, 3.05) is 0 Å². The quantitative estimate of drug-likeness (QED) is 0.659. The summed E-state index contributed by atoms with van der Waals surface area (Å²) in [4.78, 5) is 50.1. The van der Waals surface area contributed by atoms with Crippen LogP contribution in [0.1, 0.15) is 48.1 Å². The van der Waals surface area contributed by atoms with E-state index in [0.29, 0.717) is 4.90 Å². The third-order valence-electron chi connectivity index (χ3n) is 4.80. The van der Waals surface area contributed by atoms with Gasteiger partial charge in [-0.3, -0.25) is 24.5 Å². The van der Waals surface area contributed by atoms with E-state index in [-0.39, 0.29) is 17.9 Å². The second-order valence-corrected chi connectivity index (χ2v) is 7.37. The summed E-state index contributed by atoms with van der Waals surface area (Å²) in [6.07, 6.45) is -0.490. The summed E-state index contributed by atoms with van der Waals surface area (Å²) in [7, 11) is 0. The van der Waals surface area contributed by atoms with E-state index < -0.39 is 94.3 Å². The van der Waals surface area contributed by atoms with Gasteiger partial charge in [0.15, 0.2) is 1.41 Å². The molecule has 2 aliphatic rings. The second kappa shape index (κ2) is 8.31. The zero-order valence-electron chi connectivity index (χ0n) is 23.0. The Morgan fingerprint density at radius 2 is 2.06 bits per heavy atom. The molecule has 0 bridgehead atoms. The van der Waals surface area contributed by atoms with Gasteiger partial charge in [-0.25, -0.2) is 0 Å². The summed E-state index contributed by atoms with van der Waals surface area (Å²) < 4.78 is 88.0. The van der Waals surface area contributed by atoms with Crippen molar-refractivity contribution in [3.05, 3.63) is 69.7 Å². The number of nitrogens with zero attached hydrogens (tertiary/aromatic N) is 1. The smallest absolute Gasteiger partial charge is 0.346 e. The first-order valence-corrected chi connectivity index (χ1v) is 9.61. The van der Waals surface area contributed by atoms with Crippen LogP contribution in [0.25, 0.3) is 0 Å². The molecule has 166 valence electrons. The van der Waals surface area contributed by atoms with Gasteiger partial charge >= 0.3 is 5.92 Å². The number of nitrogens with one attached hydrogen (secondary N) is 2. The molecule has 10 heteroatoms. The molecule has 32 heavy (non-hydrogen) atoms. The molecule has 0 aliphatic carbocycles. The van der Waals surface area contributed by atoms with Crippen LogP contribution >= 0.6 is 11.6 Å². The van der Waals surface area contributed by atoms with E-state index in [0.717, 1.165) is 24.3 Å². The molecule has 2 aromatic rings. The van der Waals surface area contributed by atoms with Gasteiger partial charge in [-0.1, -0.05) is 35.8 Å². The van der Waals surface area contributed by atoms with E-state index in [4.69, 9.17) is 21.2 Å². The van der Waals surface area contributed by atoms with Gasteiger partial charge in [0.05, 0.1) is 8.22 Å². The van der Waals surface area contributed by atoms with Gasteiger partial charge < -0.3 is 10.2 Å². The lowest BCUT2D eigenvalue weighted by atomic mass is 10.0. The van der Waals surface area contributed by atoms with Crippen LogP contribution in [0.15, 0.2) is 42.4 Å². The average Bonchev–Trinajstić information content (AvgIpc) is 3.07. The Kier molecular flexibility index (Phi) is 3.81. The molecule has 4 rings (SSSR count). The number of carbonyl (C=O) groups is 4. The molecule has 2 N–H and O–H groups in total. The molecule has 2 aliphatic heterocycles. The first kappa shape index (κ1) is 14.7. The highest BCUT2D eigenvalue weighted by Gasteiger charge is 2.41. The van der Waals surface area contributed by atoms with Crippen molar-refractivity contribution in [1.82, 2.24) is 15.5 Å². The van der Waals surface area contributed by atoms with Crippen molar-refractivity contribution in [3.63, 3.8) is 0 Å². The van der Waals surface area contributed by atoms with Gasteiger partial charge in [0, 0.05) is 35.6 Å². The van der Waals surface area contributed by atoms with Gasteiger partial charge in [0.1, 0.15) is 6.04 Å². The minimum absolute atomic E-state index is 0.0945. The predicted octanol–water partition coefficient (Wildman–Crippen LogP) is 2.51. The summed E-state index contributed by atoms with van der Waals surface area (Å²) in [6, 6.07) is -0.745. The standard InChI is InChI=1S/C22H18ClF2N3O4/c23-15-4-2-14(3-5-15)22(24,25)21(32)26-10-12-1-6-16-13(9-12)11-28(20(16)31)17-7-8-18(29)27-19(17)30/h1-6,9,17H,7-8,10-11H2,(H,26,32)(H,27,29,30)/i1D,6D,9D,10D,11D2/hD. The largest absolute Gasteiger partial charge is 0.349 e. The summed E-state index contributed by atoms with van der Waals surface area (Å²) in [5.41, 5.74) is -3.38. The number of carbonyl (C=O) groups excluding carboxylic acids is 4. The van der Waals surface area contributed by atoms with Crippen LogP contribution < -0.4 is 10.6 Å². The highest BCUT2D eigenvalue weighted by atomic mass is 35.5. The van der Waals surface area contributed by atoms with Crippen LogP contribution in [0.2, 0.25) is 6.43 Å². The highest BCUT2D eigenvalue weighted by molar-refractivity contribution is 6.30. The normalized spacial score (nSPS) is 24.1. The number of benzene rings is 2. The van der Waals surface area contributed by atoms with Crippen LogP contribution in [0.3, 0.4) is 0 Å². The first-order valence-electron chi connectivity index (χ1n) is 12.8. The number of alkyl halides is 2. The van der Waals surface area contributed by atoms with E-state index in [1.807, 2.05) is 5.32 Å². The monoisotopic (exact) mass is 468 g/mol. The fourth-order valence-electron chi connectivity index (χ4n) is 3.16. The molecule has 2 unspecified atom stereocenters. The number of hydrogen-bond donors (Lipinski definition) is 2. The molecule has 2 heterocycles. The van der Waals surface area contributed by atoms with Crippen molar-refractivity contribution < 1.29 is 37.6 Å². The fraction of sp³-hybridized carbons (Fsp3) is 0.273. The third kappa shape index (κ3) is 4.08. The summed E-state index contributed by atoms with van der Waals surface area (Å²) in [6.45, 7) is -5.46. The predicted molar refractivity (Wildman–Crippen MR) is 110 cm³/mol. The molecule has 4 amide bonds. The lowest BCUT2D eigenvalue weighted by Gasteiger charge is -2.29. The zero-order valence-corrected chi connectivity index (χ0v) is 16.8. The van der Waals surface area contributed by atoms with Gasteiger partial charge in [-0.05, 0) is 35.7 Å². The Hall–Kier alpha value is -3.33. The number of halogens is 3.